The van der Waals surface area contributed by atoms with Gasteiger partial charge in [-0.3, -0.25) is 4.79 Å². The standard InChI is InChI=1S/C14H13FO3/c1-9-2-7-12(18-9)8-13(14(16)17)10-3-5-11(15)6-4-10/h2-7,13H,8H2,1H3,(H,16,17). The highest BCUT2D eigenvalue weighted by atomic mass is 19.1. The molecule has 18 heavy (non-hydrogen) atoms. The molecule has 1 aromatic heterocycles. The van der Waals surface area contributed by atoms with E-state index in [1.165, 1.54) is 24.3 Å². The average Bonchev–Trinajstić information content (AvgIpc) is 2.73. The molecule has 0 aliphatic rings. The summed E-state index contributed by atoms with van der Waals surface area (Å²) in [5.74, 6) is -0.694. The number of aliphatic carboxylic acids is 1. The van der Waals surface area contributed by atoms with Gasteiger partial charge in [-0.2, -0.15) is 0 Å². The lowest BCUT2D eigenvalue weighted by molar-refractivity contribution is -0.138. The molecule has 2 rings (SSSR count). The number of carbonyl (C=O) groups is 1. The molecular weight excluding hydrogens is 235 g/mol. The minimum atomic E-state index is -0.948. The minimum absolute atomic E-state index is 0.259. The summed E-state index contributed by atoms with van der Waals surface area (Å²) in [6.07, 6.45) is 0.259. The van der Waals surface area contributed by atoms with Gasteiger partial charge in [-0.05, 0) is 36.8 Å². The number of hydrogen-bond donors (Lipinski definition) is 1. The van der Waals surface area contributed by atoms with E-state index in [-0.39, 0.29) is 12.2 Å². The van der Waals surface area contributed by atoms with E-state index in [1.54, 1.807) is 19.1 Å². The summed E-state index contributed by atoms with van der Waals surface area (Å²) in [5, 5.41) is 9.23. The molecule has 94 valence electrons. The lowest BCUT2D eigenvalue weighted by Gasteiger charge is -2.11. The highest BCUT2D eigenvalue weighted by Crippen LogP contribution is 2.22. The van der Waals surface area contributed by atoms with Crippen molar-refractivity contribution in [3.8, 4) is 0 Å². The Bertz CT molecular complexity index is 542. The van der Waals surface area contributed by atoms with Crippen molar-refractivity contribution in [3.05, 3.63) is 59.3 Å². The molecule has 0 aliphatic heterocycles. The third-order valence-electron chi connectivity index (χ3n) is 2.77. The maximum Gasteiger partial charge on any atom is 0.311 e. The van der Waals surface area contributed by atoms with Crippen LogP contribution < -0.4 is 0 Å². The van der Waals surface area contributed by atoms with Crippen LogP contribution in [0, 0.1) is 12.7 Å². The number of carboxylic acids is 1. The lowest BCUT2D eigenvalue weighted by atomic mass is 9.95. The maximum atomic E-state index is 12.8. The van der Waals surface area contributed by atoms with Crippen molar-refractivity contribution in [1.82, 2.24) is 0 Å². The molecule has 0 bridgehead atoms. The van der Waals surface area contributed by atoms with Crippen molar-refractivity contribution in [1.29, 1.82) is 0 Å². The zero-order valence-corrected chi connectivity index (χ0v) is 9.89. The van der Waals surface area contributed by atoms with Crippen LogP contribution in [0.5, 0.6) is 0 Å². The molecule has 0 saturated carbocycles. The summed E-state index contributed by atoms with van der Waals surface area (Å²) in [6.45, 7) is 1.80. The normalized spacial score (nSPS) is 12.3. The Morgan fingerprint density at radius 3 is 2.44 bits per heavy atom. The van der Waals surface area contributed by atoms with E-state index in [0.717, 1.165) is 5.76 Å². The number of halogens is 1. The van der Waals surface area contributed by atoms with E-state index in [1.807, 2.05) is 0 Å². The quantitative estimate of drug-likeness (QED) is 0.904. The number of benzene rings is 1. The predicted octanol–water partition coefficient (Wildman–Crippen LogP) is 3.14. The van der Waals surface area contributed by atoms with Crippen LogP contribution >= 0.6 is 0 Å². The molecule has 0 spiro atoms. The second-order valence-electron chi connectivity index (χ2n) is 4.16. The molecule has 0 aliphatic carbocycles. The Morgan fingerprint density at radius 2 is 1.94 bits per heavy atom. The van der Waals surface area contributed by atoms with Crippen molar-refractivity contribution in [2.75, 3.05) is 0 Å². The topological polar surface area (TPSA) is 50.4 Å². The first-order chi connectivity index (χ1) is 8.56. The van der Waals surface area contributed by atoms with Crippen molar-refractivity contribution in [2.45, 2.75) is 19.3 Å². The van der Waals surface area contributed by atoms with Gasteiger partial charge in [0.25, 0.3) is 0 Å². The van der Waals surface area contributed by atoms with Crippen LogP contribution in [0.2, 0.25) is 0 Å². The average molecular weight is 248 g/mol. The van der Waals surface area contributed by atoms with Gasteiger partial charge in [-0.1, -0.05) is 12.1 Å². The molecule has 2 aromatic rings. The van der Waals surface area contributed by atoms with E-state index < -0.39 is 11.9 Å². The van der Waals surface area contributed by atoms with Crippen molar-refractivity contribution < 1.29 is 18.7 Å². The van der Waals surface area contributed by atoms with Crippen molar-refractivity contribution >= 4 is 5.97 Å². The molecule has 1 aromatic carbocycles. The highest BCUT2D eigenvalue weighted by molar-refractivity contribution is 5.76. The van der Waals surface area contributed by atoms with E-state index in [0.29, 0.717) is 11.3 Å². The molecule has 0 radical (unpaired) electrons. The van der Waals surface area contributed by atoms with Crippen LogP contribution in [0.3, 0.4) is 0 Å². The Morgan fingerprint density at radius 1 is 1.28 bits per heavy atom. The summed E-state index contributed by atoms with van der Waals surface area (Å²) in [7, 11) is 0. The summed E-state index contributed by atoms with van der Waals surface area (Å²) in [6, 6.07) is 9.05. The zero-order chi connectivity index (χ0) is 13.1. The Hall–Kier alpha value is -2.10. The van der Waals surface area contributed by atoms with Gasteiger partial charge in [0.2, 0.25) is 0 Å². The summed E-state index contributed by atoms with van der Waals surface area (Å²) in [4.78, 5) is 11.3. The smallest absolute Gasteiger partial charge is 0.311 e. The Kier molecular flexibility index (Phi) is 3.46. The molecular formula is C14H13FO3. The SMILES string of the molecule is Cc1ccc(CC(C(=O)O)c2ccc(F)cc2)o1. The van der Waals surface area contributed by atoms with E-state index in [4.69, 9.17) is 4.42 Å². The monoisotopic (exact) mass is 248 g/mol. The van der Waals surface area contributed by atoms with Gasteiger partial charge < -0.3 is 9.52 Å². The molecule has 1 unspecified atom stereocenters. The lowest BCUT2D eigenvalue weighted by Crippen LogP contribution is -2.14. The molecule has 0 saturated heterocycles. The minimum Gasteiger partial charge on any atom is -0.481 e. The summed E-state index contributed by atoms with van der Waals surface area (Å²) >= 11 is 0. The molecule has 4 heteroatoms. The summed E-state index contributed by atoms with van der Waals surface area (Å²) < 4.78 is 18.2. The van der Waals surface area contributed by atoms with Crippen LogP contribution in [0.4, 0.5) is 4.39 Å². The van der Waals surface area contributed by atoms with E-state index in [9.17, 15) is 14.3 Å². The first-order valence-corrected chi connectivity index (χ1v) is 5.60. The van der Waals surface area contributed by atoms with Crippen LogP contribution in [-0.2, 0) is 11.2 Å². The van der Waals surface area contributed by atoms with Gasteiger partial charge >= 0.3 is 5.97 Å². The van der Waals surface area contributed by atoms with Gasteiger partial charge in [0.15, 0.2) is 0 Å². The van der Waals surface area contributed by atoms with Crippen LogP contribution in [0.1, 0.15) is 23.0 Å². The Balaban J connectivity index is 2.23. The number of hydrogen-bond acceptors (Lipinski definition) is 2. The first kappa shape index (κ1) is 12.4. The van der Waals surface area contributed by atoms with Gasteiger partial charge in [0, 0.05) is 6.42 Å². The van der Waals surface area contributed by atoms with Crippen molar-refractivity contribution in [3.63, 3.8) is 0 Å². The fourth-order valence-electron chi connectivity index (χ4n) is 1.84. The molecule has 0 fully saturated rings. The molecule has 1 heterocycles. The third kappa shape index (κ3) is 2.77. The molecule has 0 amide bonds. The van der Waals surface area contributed by atoms with Gasteiger partial charge in [-0.25, -0.2) is 4.39 Å². The number of carboxylic acid groups (broad SMARTS) is 1. The molecule has 1 atom stereocenters. The van der Waals surface area contributed by atoms with Crippen molar-refractivity contribution in [2.24, 2.45) is 0 Å². The van der Waals surface area contributed by atoms with Gasteiger partial charge in [-0.15, -0.1) is 0 Å². The van der Waals surface area contributed by atoms with E-state index >= 15 is 0 Å². The van der Waals surface area contributed by atoms with E-state index in [2.05, 4.69) is 0 Å². The first-order valence-electron chi connectivity index (χ1n) is 5.60. The molecule has 1 N–H and O–H groups in total. The Labute approximate surface area is 104 Å². The fourth-order valence-corrected chi connectivity index (χ4v) is 1.84. The largest absolute Gasteiger partial charge is 0.481 e. The third-order valence-corrected chi connectivity index (χ3v) is 2.77. The fraction of sp³-hybridized carbons (Fsp3) is 0.214. The van der Waals surface area contributed by atoms with Crippen LogP contribution in [0.15, 0.2) is 40.8 Å². The maximum absolute atomic E-state index is 12.8. The second-order valence-corrected chi connectivity index (χ2v) is 4.16. The van der Waals surface area contributed by atoms with Gasteiger partial charge in [0.05, 0.1) is 5.92 Å². The predicted molar refractivity (Wildman–Crippen MR) is 63.9 cm³/mol. The summed E-state index contributed by atoms with van der Waals surface area (Å²) in [5.41, 5.74) is 0.568. The van der Waals surface area contributed by atoms with Crippen LogP contribution in [0.25, 0.3) is 0 Å². The zero-order valence-electron chi connectivity index (χ0n) is 9.89. The second kappa shape index (κ2) is 5.04. The van der Waals surface area contributed by atoms with Crippen LogP contribution in [-0.4, -0.2) is 11.1 Å². The number of aryl methyl sites for hydroxylation is 1. The number of rotatable bonds is 4. The molecule has 3 nitrogen and oxygen atoms in total. The van der Waals surface area contributed by atoms with Gasteiger partial charge in [0.1, 0.15) is 17.3 Å². The highest BCUT2D eigenvalue weighted by Gasteiger charge is 2.21. The number of furan rings is 1.